The highest BCUT2D eigenvalue weighted by Crippen LogP contribution is 2.33. The lowest BCUT2D eigenvalue weighted by atomic mass is 10.1. The average molecular weight is 533 g/mol. The number of benzene rings is 2. The minimum atomic E-state index is -0.772. The van der Waals surface area contributed by atoms with Crippen LogP contribution in [0.5, 0.6) is 0 Å². The van der Waals surface area contributed by atoms with Crippen LogP contribution in [0.1, 0.15) is 49.5 Å². The second-order valence-corrected chi connectivity index (χ2v) is 8.87. The third-order valence-electron chi connectivity index (χ3n) is 5.71. The Labute approximate surface area is 216 Å². The Morgan fingerprint density at radius 3 is 2.14 bits per heavy atom. The lowest BCUT2D eigenvalue weighted by molar-refractivity contribution is -0.0575. The van der Waals surface area contributed by atoms with Crippen LogP contribution in [-0.4, -0.2) is 53.4 Å². The molecule has 0 aliphatic carbocycles. The number of ether oxygens (including phenoxy) is 4. The summed E-state index contributed by atoms with van der Waals surface area (Å²) in [4.78, 5) is 41.4. The second kappa shape index (κ2) is 11.1. The van der Waals surface area contributed by atoms with Gasteiger partial charge in [-0.05, 0) is 55.5 Å². The first kappa shape index (κ1) is 25.7. The van der Waals surface area contributed by atoms with E-state index in [1.165, 1.54) is 13.4 Å². The summed E-state index contributed by atoms with van der Waals surface area (Å²) in [7, 11) is 1.27. The number of carbonyl (C=O) groups is 3. The van der Waals surface area contributed by atoms with E-state index in [0.29, 0.717) is 26.9 Å². The summed E-state index contributed by atoms with van der Waals surface area (Å²) in [6.45, 7) is 1.53. The number of rotatable bonds is 7. The highest BCUT2D eigenvalue weighted by Gasteiger charge is 2.41. The van der Waals surface area contributed by atoms with Gasteiger partial charge in [0, 0.05) is 16.5 Å². The monoisotopic (exact) mass is 532 g/mol. The SMILES string of the molecule is COC(=O)c1ncn([C@@H]2CC(OC(=O)c3ccc(Cl)cc3)[C@@H](COC(=O)c3ccc(Cl)cc3)O2)c1C. The van der Waals surface area contributed by atoms with E-state index in [2.05, 4.69) is 4.98 Å². The van der Waals surface area contributed by atoms with E-state index in [9.17, 15) is 14.4 Å². The Kier molecular flexibility index (Phi) is 7.93. The van der Waals surface area contributed by atoms with Gasteiger partial charge in [-0.15, -0.1) is 0 Å². The fourth-order valence-corrected chi connectivity index (χ4v) is 4.03. The minimum absolute atomic E-state index is 0.147. The molecule has 0 bridgehead atoms. The number of esters is 3. The average Bonchev–Trinajstić information content (AvgIpc) is 3.45. The van der Waals surface area contributed by atoms with Crippen molar-refractivity contribution in [3.63, 3.8) is 0 Å². The van der Waals surface area contributed by atoms with E-state index < -0.39 is 36.3 Å². The highest BCUT2D eigenvalue weighted by atomic mass is 35.5. The van der Waals surface area contributed by atoms with Gasteiger partial charge in [-0.25, -0.2) is 19.4 Å². The zero-order valence-electron chi connectivity index (χ0n) is 19.4. The molecule has 1 aliphatic heterocycles. The molecule has 1 aliphatic rings. The zero-order chi connectivity index (χ0) is 25.8. The Hall–Kier alpha value is -3.40. The summed E-state index contributed by atoms with van der Waals surface area (Å²) in [6, 6.07) is 12.5. The van der Waals surface area contributed by atoms with E-state index in [1.807, 2.05) is 0 Å². The molecule has 0 radical (unpaired) electrons. The number of nitrogens with zero attached hydrogens (tertiary/aromatic N) is 2. The van der Waals surface area contributed by atoms with Gasteiger partial charge in [-0.3, -0.25) is 0 Å². The van der Waals surface area contributed by atoms with Gasteiger partial charge in [-0.2, -0.15) is 0 Å². The van der Waals surface area contributed by atoms with Crippen LogP contribution in [-0.2, 0) is 18.9 Å². The highest BCUT2D eigenvalue weighted by molar-refractivity contribution is 6.31. The van der Waals surface area contributed by atoms with Crippen LogP contribution < -0.4 is 0 Å². The summed E-state index contributed by atoms with van der Waals surface area (Å²) in [5.41, 5.74) is 1.30. The molecule has 1 fully saturated rings. The van der Waals surface area contributed by atoms with Crippen molar-refractivity contribution in [1.82, 2.24) is 9.55 Å². The predicted molar refractivity (Wildman–Crippen MR) is 129 cm³/mol. The fraction of sp³-hybridized carbons (Fsp3) is 0.280. The van der Waals surface area contributed by atoms with Crippen LogP contribution in [0.2, 0.25) is 10.0 Å². The number of aromatic nitrogens is 2. The molecule has 9 nitrogen and oxygen atoms in total. The minimum Gasteiger partial charge on any atom is -0.464 e. The summed E-state index contributed by atoms with van der Waals surface area (Å²) in [6.07, 6.45) is -0.462. The van der Waals surface area contributed by atoms with E-state index in [4.69, 9.17) is 42.1 Å². The number of halogens is 2. The van der Waals surface area contributed by atoms with Crippen LogP contribution in [0, 0.1) is 6.92 Å². The third kappa shape index (κ3) is 5.70. The lowest BCUT2D eigenvalue weighted by Gasteiger charge is -2.19. The number of methoxy groups -OCH3 is 1. The van der Waals surface area contributed by atoms with Crippen molar-refractivity contribution in [2.45, 2.75) is 31.8 Å². The molecule has 0 saturated carbocycles. The van der Waals surface area contributed by atoms with Gasteiger partial charge in [0.2, 0.25) is 0 Å². The summed E-state index contributed by atoms with van der Waals surface area (Å²) in [5.74, 6) is -1.73. The zero-order valence-corrected chi connectivity index (χ0v) is 20.9. The van der Waals surface area contributed by atoms with E-state index in [-0.39, 0.29) is 18.7 Å². The quantitative estimate of drug-likeness (QED) is 0.319. The lowest BCUT2D eigenvalue weighted by Crippen LogP contribution is -2.32. The number of hydrogen-bond donors (Lipinski definition) is 0. The van der Waals surface area contributed by atoms with E-state index in [0.717, 1.165) is 0 Å². The van der Waals surface area contributed by atoms with Gasteiger partial charge in [0.1, 0.15) is 25.0 Å². The van der Waals surface area contributed by atoms with Gasteiger partial charge >= 0.3 is 17.9 Å². The van der Waals surface area contributed by atoms with Crippen LogP contribution in [0.15, 0.2) is 54.9 Å². The van der Waals surface area contributed by atoms with Crippen molar-refractivity contribution in [1.29, 1.82) is 0 Å². The number of hydrogen-bond acceptors (Lipinski definition) is 8. The van der Waals surface area contributed by atoms with Gasteiger partial charge < -0.3 is 23.5 Å². The maximum Gasteiger partial charge on any atom is 0.358 e. The van der Waals surface area contributed by atoms with E-state index >= 15 is 0 Å². The molecule has 1 saturated heterocycles. The predicted octanol–water partition coefficient (Wildman–Crippen LogP) is 4.66. The molecule has 1 aromatic heterocycles. The van der Waals surface area contributed by atoms with Gasteiger partial charge in [0.15, 0.2) is 5.69 Å². The first-order valence-electron chi connectivity index (χ1n) is 10.9. The smallest absolute Gasteiger partial charge is 0.358 e. The first-order valence-corrected chi connectivity index (χ1v) is 11.7. The summed E-state index contributed by atoms with van der Waals surface area (Å²) >= 11 is 11.8. The molecular weight excluding hydrogens is 511 g/mol. The Balaban J connectivity index is 1.51. The first-order chi connectivity index (χ1) is 17.3. The van der Waals surface area contributed by atoms with Gasteiger partial charge in [0.25, 0.3) is 0 Å². The van der Waals surface area contributed by atoms with Crippen LogP contribution in [0.4, 0.5) is 0 Å². The Bertz CT molecular complexity index is 1260. The fourth-order valence-electron chi connectivity index (χ4n) is 3.77. The van der Waals surface area contributed by atoms with Crippen molar-refractivity contribution in [2.75, 3.05) is 13.7 Å². The third-order valence-corrected chi connectivity index (χ3v) is 6.21. The molecule has 0 spiro atoms. The molecule has 4 rings (SSSR count). The normalized spacial score (nSPS) is 19.1. The van der Waals surface area contributed by atoms with Crippen LogP contribution in [0.3, 0.4) is 0 Å². The molecule has 2 heterocycles. The van der Waals surface area contributed by atoms with Crippen molar-refractivity contribution >= 4 is 41.1 Å². The maximum atomic E-state index is 12.8. The largest absolute Gasteiger partial charge is 0.464 e. The maximum absolute atomic E-state index is 12.8. The number of imidazole rings is 1. The van der Waals surface area contributed by atoms with Crippen molar-refractivity contribution < 1.29 is 33.3 Å². The van der Waals surface area contributed by atoms with Crippen LogP contribution in [0.25, 0.3) is 0 Å². The van der Waals surface area contributed by atoms with Crippen LogP contribution >= 0.6 is 23.2 Å². The topological polar surface area (TPSA) is 106 Å². The molecule has 11 heteroatoms. The molecule has 2 aromatic carbocycles. The molecule has 1 unspecified atom stereocenters. The second-order valence-electron chi connectivity index (χ2n) is 8.00. The summed E-state index contributed by atoms with van der Waals surface area (Å²) in [5, 5.41) is 0.976. The molecule has 0 N–H and O–H groups in total. The van der Waals surface area contributed by atoms with Crippen molar-refractivity contribution in [3.05, 3.63) is 87.4 Å². The van der Waals surface area contributed by atoms with Crippen molar-refractivity contribution in [2.24, 2.45) is 0 Å². The van der Waals surface area contributed by atoms with E-state index in [1.54, 1.807) is 60.0 Å². The molecule has 188 valence electrons. The Morgan fingerprint density at radius 1 is 0.972 bits per heavy atom. The molecule has 3 atom stereocenters. The molecule has 0 amide bonds. The standard InChI is InChI=1S/C25H22Cl2N2O7/c1-14-22(25(32)33-2)28-13-29(14)21-11-19(36-24(31)16-5-9-18(27)10-6-16)20(35-21)12-34-23(30)15-3-7-17(26)8-4-15/h3-10,13,19-21H,11-12H2,1-2H3/t19?,20-,21+/m1/s1. The van der Waals surface area contributed by atoms with Crippen molar-refractivity contribution in [3.8, 4) is 0 Å². The molecule has 3 aromatic rings. The van der Waals surface area contributed by atoms with Gasteiger partial charge in [-0.1, -0.05) is 23.2 Å². The Morgan fingerprint density at radius 2 is 1.56 bits per heavy atom. The van der Waals surface area contributed by atoms with Gasteiger partial charge in [0.05, 0.1) is 30.3 Å². The summed E-state index contributed by atoms with van der Waals surface area (Å²) < 4.78 is 23.7. The number of carbonyl (C=O) groups excluding carboxylic acids is 3. The molecular formula is C25H22Cl2N2O7. The molecule has 36 heavy (non-hydrogen) atoms.